The van der Waals surface area contributed by atoms with E-state index < -0.39 is 12.6 Å². The third-order valence-electron chi connectivity index (χ3n) is 4.48. The Hall–Kier alpha value is -2.03. The third kappa shape index (κ3) is 7.24. The number of aliphatic imine (C=N–C) groups is 1. The molecule has 0 atom stereocenters. The van der Waals surface area contributed by atoms with E-state index in [4.69, 9.17) is 4.74 Å². The van der Waals surface area contributed by atoms with Crippen LogP contribution in [0, 0.1) is 5.82 Å². The van der Waals surface area contributed by atoms with Gasteiger partial charge in [-0.1, -0.05) is 6.07 Å². The Morgan fingerprint density at radius 1 is 1.30 bits per heavy atom. The molecule has 0 unspecified atom stereocenters. The Balaban J connectivity index is 1.75. The SMILES string of the molecule is CN=C(NCCC(F)(F)F)NC1CCN(Cc2ccc(OC)c(F)c2)CC1. The van der Waals surface area contributed by atoms with Gasteiger partial charge in [0.15, 0.2) is 17.5 Å². The lowest BCUT2D eigenvalue weighted by Gasteiger charge is -2.33. The summed E-state index contributed by atoms with van der Waals surface area (Å²) in [7, 11) is 2.97. The fraction of sp³-hybridized carbons (Fsp3) is 0.611. The van der Waals surface area contributed by atoms with Crippen LogP contribution < -0.4 is 15.4 Å². The molecule has 0 radical (unpaired) electrons. The Bertz CT molecular complexity index is 628. The average molecular weight is 390 g/mol. The van der Waals surface area contributed by atoms with Crippen molar-refractivity contribution in [3.8, 4) is 5.75 Å². The molecule has 0 amide bonds. The number of benzene rings is 1. The van der Waals surface area contributed by atoms with Gasteiger partial charge in [0, 0.05) is 39.3 Å². The molecule has 152 valence electrons. The zero-order valence-corrected chi connectivity index (χ0v) is 15.6. The van der Waals surface area contributed by atoms with Gasteiger partial charge in [-0.25, -0.2) is 4.39 Å². The van der Waals surface area contributed by atoms with Gasteiger partial charge in [-0.3, -0.25) is 9.89 Å². The molecule has 5 nitrogen and oxygen atoms in total. The number of nitrogens with one attached hydrogen (secondary N) is 2. The molecule has 1 aromatic rings. The number of likely N-dealkylation sites (tertiary alicyclic amines) is 1. The fourth-order valence-electron chi connectivity index (χ4n) is 3.01. The van der Waals surface area contributed by atoms with Crippen molar-refractivity contribution < 1.29 is 22.3 Å². The maximum Gasteiger partial charge on any atom is 0.390 e. The normalized spacial score (nSPS) is 17.0. The van der Waals surface area contributed by atoms with Crippen molar-refractivity contribution in [3.63, 3.8) is 0 Å². The number of rotatable bonds is 6. The highest BCUT2D eigenvalue weighted by molar-refractivity contribution is 5.79. The highest BCUT2D eigenvalue weighted by Crippen LogP contribution is 2.20. The number of hydrogen-bond acceptors (Lipinski definition) is 3. The van der Waals surface area contributed by atoms with E-state index in [-0.39, 0.29) is 24.2 Å². The van der Waals surface area contributed by atoms with Crippen LogP contribution in [0.15, 0.2) is 23.2 Å². The van der Waals surface area contributed by atoms with Gasteiger partial charge < -0.3 is 15.4 Å². The first-order valence-electron chi connectivity index (χ1n) is 8.89. The van der Waals surface area contributed by atoms with Gasteiger partial charge in [0.1, 0.15) is 0 Å². The minimum Gasteiger partial charge on any atom is -0.494 e. The molecule has 1 heterocycles. The highest BCUT2D eigenvalue weighted by atomic mass is 19.4. The van der Waals surface area contributed by atoms with Crippen LogP contribution in [0.25, 0.3) is 0 Å². The molecule has 1 aliphatic heterocycles. The van der Waals surface area contributed by atoms with Crippen LogP contribution in [0.2, 0.25) is 0 Å². The summed E-state index contributed by atoms with van der Waals surface area (Å²) in [6, 6.07) is 5.09. The summed E-state index contributed by atoms with van der Waals surface area (Å²) < 4.78 is 55.4. The van der Waals surface area contributed by atoms with Crippen LogP contribution in [0.4, 0.5) is 17.6 Å². The van der Waals surface area contributed by atoms with Gasteiger partial charge in [0.25, 0.3) is 0 Å². The minimum absolute atomic E-state index is 0.144. The van der Waals surface area contributed by atoms with E-state index in [1.165, 1.54) is 20.2 Å². The molecule has 1 fully saturated rings. The number of hydrogen-bond donors (Lipinski definition) is 2. The monoisotopic (exact) mass is 390 g/mol. The van der Waals surface area contributed by atoms with Gasteiger partial charge in [-0.2, -0.15) is 13.2 Å². The number of guanidine groups is 1. The lowest BCUT2D eigenvalue weighted by Crippen LogP contribution is -2.48. The Morgan fingerprint density at radius 2 is 2.00 bits per heavy atom. The first kappa shape index (κ1) is 21.3. The molecule has 9 heteroatoms. The molecule has 27 heavy (non-hydrogen) atoms. The van der Waals surface area contributed by atoms with Gasteiger partial charge >= 0.3 is 6.18 Å². The molecule has 0 aliphatic carbocycles. The van der Waals surface area contributed by atoms with Crippen LogP contribution in [0.1, 0.15) is 24.8 Å². The second kappa shape index (κ2) is 9.77. The summed E-state index contributed by atoms with van der Waals surface area (Å²) in [5, 5.41) is 5.86. The first-order chi connectivity index (χ1) is 12.8. The summed E-state index contributed by atoms with van der Waals surface area (Å²) in [6.45, 7) is 2.06. The lowest BCUT2D eigenvalue weighted by atomic mass is 10.0. The van der Waals surface area contributed by atoms with Crippen LogP contribution in [-0.4, -0.2) is 56.9 Å². The quantitative estimate of drug-likeness (QED) is 0.446. The molecule has 1 aromatic carbocycles. The van der Waals surface area contributed by atoms with Crippen LogP contribution in [0.3, 0.4) is 0 Å². The molecule has 2 rings (SSSR count). The fourth-order valence-corrected chi connectivity index (χ4v) is 3.01. The second-order valence-corrected chi connectivity index (χ2v) is 6.53. The predicted molar refractivity (Wildman–Crippen MR) is 96.4 cm³/mol. The molecular weight excluding hydrogens is 364 g/mol. The predicted octanol–water partition coefficient (Wildman–Crippen LogP) is 2.92. The van der Waals surface area contributed by atoms with Crippen molar-refractivity contribution in [2.45, 2.75) is 38.0 Å². The van der Waals surface area contributed by atoms with Crippen molar-refractivity contribution in [2.24, 2.45) is 4.99 Å². The largest absolute Gasteiger partial charge is 0.494 e. The second-order valence-electron chi connectivity index (χ2n) is 6.53. The Morgan fingerprint density at radius 3 is 2.56 bits per heavy atom. The van der Waals surface area contributed by atoms with E-state index in [0.717, 1.165) is 31.5 Å². The van der Waals surface area contributed by atoms with Gasteiger partial charge in [-0.15, -0.1) is 0 Å². The summed E-state index contributed by atoms with van der Waals surface area (Å²) in [5.74, 6) is 0.237. The Labute approximate surface area is 156 Å². The third-order valence-corrected chi connectivity index (χ3v) is 4.48. The molecule has 0 saturated carbocycles. The molecule has 1 saturated heterocycles. The molecular formula is C18H26F4N4O. The number of nitrogens with zero attached hydrogens (tertiary/aromatic N) is 2. The first-order valence-corrected chi connectivity index (χ1v) is 8.89. The van der Waals surface area contributed by atoms with E-state index >= 15 is 0 Å². The average Bonchev–Trinajstić information content (AvgIpc) is 2.61. The highest BCUT2D eigenvalue weighted by Gasteiger charge is 2.26. The smallest absolute Gasteiger partial charge is 0.390 e. The number of halogens is 4. The van der Waals surface area contributed by atoms with Crippen molar-refractivity contribution in [3.05, 3.63) is 29.6 Å². The Kier molecular flexibility index (Phi) is 7.70. The zero-order chi connectivity index (χ0) is 19.9. The van der Waals surface area contributed by atoms with Crippen LogP contribution >= 0.6 is 0 Å². The number of piperidine rings is 1. The van der Waals surface area contributed by atoms with Gasteiger partial charge in [0.2, 0.25) is 0 Å². The van der Waals surface area contributed by atoms with E-state index in [1.807, 2.05) is 6.07 Å². The summed E-state index contributed by atoms with van der Waals surface area (Å²) in [5.41, 5.74) is 0.879. The standard InChI is InChI=1S/C18H26F4N4O/c1-23-17(24-8-7-18(20,21)22)25-14-5-9-26(10-6-14)12-13-3-4-16(27-2)15(19)11-13/h3-4,11,14H,5-10,12H2,1-2H3,(H2,23,24,25). The number of ether oxygens (including phenoxy) is 1. The van der Waals surface area contributed by atoms with Crippen molar-refractivity contribution in [1.29, 1.82) is 0 Å². The van der Waals surface area contributed by atoms with E-state index in [0.29, 0.717) is 12.5 Å². The number of alkyl halides is 3. The minimum atomic E-state index is -4.18. The zero-order valence-electron chi connectivity index (χ0n) is 15.6. The van der Waals surface area contributed by atoms with E-state index in [9.17, 15) is 17.6 Å². The lowest BCUT2D eigenvalue weighted by molar-refractivity contribution is -0.132. The molecule has 2 N–H and O–H groups in total. The van der Waals surface area contributed by atoms with Gasteiger partial charge in [-0.05, 0) is 30.5 Å². The number of methoxy groups -OCH3 is 1. The maximum absolute atomic E-state index is 13.8. The molecule has 0 spiro atoms. The van der Waals surface area contributed by atoms with E-state index in [1.54, 1.807) is 6.07 Å². The summed E-state index contributed by atoms with van der Waals surface area (Å²) >= 11 is 0. The summed E-state index contributed by atoms with van der Waals surface area (Å²) in [4.78, 5) is 6.20. The summed E-state index contributed by atoms with van der Waals surface area (Å²) in [6.07, 6.45) is -3.42. The topological polar surface area (TPSA) is 48.9 Å². The molecule has 1 aliphatic rings. The maximum atomic E-state index is 13.8. The van der Waals surface area contributed by atoms with Gasteiger partial charge in [0.05, 0.1) is 13.5 Å². The molecule has 0 aromatic heterocycles. The molecule has 0 bridgehead atoms. The van der Waals surface area contributed by atoms with E-state index in [2.05, 4.69) is 20.5 Å². The van der Waals surface area contributed by atoms with Crippen LogP contribution in [-0.2, 0) is 6.54 Å². The van der Waals surface area contributed by atoms with Crippen molar-refractivity contribution in [2.75, 3.05) is 33.8 Å². The van der Waals surface area contributed by atoms with Crippen molar-refractivity contribution >= 4 is 5.96 Å². The van der Waals surface area contributed by atoms with Crippen LogP contribution in [0.5, 0.6) is 5.75 Å². The van der Waals surface area contributed by atoms with Crippen molar-refractivity contribution in [1.82, 2.24) is 15.5 Å².